The number of H-pyrrole nitrogens is 1. The maximum Gasteiger partial charge on any atom is 0.199 e. The first-order valence-corrected chi connectivity index (χ1v) is 7.15. The van der Waals surface area contributed by atoms with Crippen molar-refractivity contribution in [1.29, 1.82) is 5.41 Å². The van der Waals surface area contributed by atoms with Gasteiger partial charge in [0.25, 0.3) is 0 Å². The smallest absolute Gasteiger partial charge is 0.199 e. The van der Waals surface area contributed by atoms with Gasteiger partial charge in [-0.05, 0) is 37.3 Å². The zero-order valence-electron chi connectivity index (χ0n) is 12.8. The van der Waals surface area contributed by atoms with Crippen LogP contribution >= 0.6 is 0 Å². The second kappa shape index (κ2) is 6.53. The van der Waals surface area contributed by atoms with Crippen LogP contribution in [0.5, 0.6) is 0 Å². The van der Waals surface area contributed by atoms with Crippen molar-refractivity contribution in [2.45, 2.75) is 13.5 Å². The fraction of sp³-hybridized carbons (Fsp3) is 0.125. The van der Waals surface area contributed by atoms with E-state index in [1.54, 1.807) is 25.3 Å². The van der Waals surface area contributed by atoms with Gasteiger partial charge in [0.15, 0.2) is 5.82 Å². The molecule has 6 nitrogen and oxygen atoms in total. The Balaban J connectivity index is 1.84. The van der Waals surface area contributed by atoms with Crippen LogP contribution in [0.1, 0.15) is 22.8 Å². The quantitative estimate of drug-likeness (QED) is 0.628. The number of rotatable bonds is 5. The van der Waals surface area contributed by atoms with Gasteiger partial charge in [-0.15, -0.1) is 0 Å². The largest absolute Gasteiger partial charge is 0.365 e. The average Bonchev–Trinajstić information content (AvgIpc) is 3.02. The van der Waals surface area contributed by atoms with E-state index in [1.807, 2.05) is 0 Å². The van der Waals surface area contributed by atoms with Crippen LogP contribution in [0.2, 0.25) is 0 Å². The van der Waals surface area contributed by atoms with E-state index < -0.39 is 11.6 Å². The number of benzene rings is 1. The molecule has 1 aromatic carbocycles. The second-order valence-corrected chi connectivity index (χ2v) is 5.11. The summed E-state index contributed by atoms with van der Waals surface area (Å²) in [6.45, 7) is 1.77. The number of halogens is 2. The number of hydrogen-bond acceptors (Lipinski definition) is 5. The number of pyridine rings is 1. The Labute approximate surface area is 136 Å². The highest BCUT2D eigenvalue weighted by atomic mass is 19.1. The van der Waals surface area contributed by atoms with Crippen molar-refractivity contribution in [3.8, 4) is 0 Å². The Morgan fingerprint density at radius 1 is 1.29 bits per heavy atom. The Morgan fingerprint density at radius 2 is 2.12 bits per heavy atom. The molecule has 0 fully saturated rings. The van der Waals surface area contributed by atoms with Crippen molar-refractivity contribution < 1.29 is 8.78 Å². The van der Waals surface area contributed by atoms with Gasteiger partial charge in [-0.3, -0.25) is 10.5 Å². The molecule has 0 aliphatic rings. The van der Waals surface area contributed by atoms with Gasteiger partial charge in [0, 0.05) is 23.9 Å². The zero-order valence-corrected chi connectivity index (χ0v) is 12.8. The van der Waals surface area contributed by atoms with Gasteiger partial charge in [-0.2, -0.15) is 5.10 Å². The number of aryl methyl sites for hydroxylation is 1. The lowest BCUT2D eigenvalue weighted by atomic mass is 10.1. The standard InChI is InChI=1S/C16H14F2N6/c1-9-22-16(24-23-9)14(19)12-3-2-6-20-15(12)21-8-10-7-11(17)4-5-13(10)18/h2-7,19H,8H2,1H3,(H,20,21)(H,22,23,24). The molecule has 2 aromatic heterocycles. The fourth-order valence-electron chi connectivity index (χ4n) is 2.18. The second-order valence-electron chi connectivity index (χ2n) is 5.11. The number of aromatic amines is 1. The SMILES string of the molecule is Cc1nc(C(=N)c2cccnc2NCc2cc(F)ccc2F)n[nH]1. The first-order chi connectivity index (χ1) is 11.5. The fourth-order valence-corrected chi connectivity index (χ4v) is 2.18. The predicted molar refractivity (Wildman–Crippen MR) is 85.0 cm³/mol. The predicted octanol–water partition coefficient (Wildman–Crippen LogP) is 2.81. The lowest BCUT2D eigenvalue weighted by Gasteiger charge is -2.11. The molecule has 0 unspecified atom stereocenters. The van der Waals surface area contributed by atoms with Crippen LogP contribution in [0, 0.1) is 24.0 Å². The van der Waals surface area contributed by atoms with Gasteiger partial charge in [0.2, 0.25) is 0 Å². The summed E-state index contributed by atoms with van der Waals surface area (Å²) in [6, 6.07) is 6.62. The topological polar surface area (TPSA) is 90.3 Å². The molecule has 0 amide bonds. The zero-order chi connectivity index (χ0) is 17.1. The van der Waals surface area contributed by atoms with E-state index in [2.05, 4.69) is 25.5 Å². The molecule has 0 aliphatic heterocycles. The maximum atomic E-state index is 13.7. The summed E-state index contributed by atoms with van der Waals surface area (Å²) in [7, 11) is 0. The van der Waals surface area contributed by atoms with Crippen molar-refractivity contribution in [2.75, 3.05) is 5.32 Å². The Hall–Kier alpha value is -3.16. The number of nitrogens with one attached hydrogen (secondary N) is 3. The minimum absolute atomic E-state index is 0.0356. The average molecular weight is 328 g/mol. The van der Waals surface area contributed by atoms with Crippen molar-refractivity contribution in [1.82, 2.24) is 20.2 Å². The van der Waals surface area contributed by atoms with E-state index >= 15 is 0 Å². The van der Waals surface area contributed by atoms with Crippen molar-refractivity contribution in [2.24, 2.45) is 0 Å². The highest BCUT2D eigenvalue weighted by molar-refractivity contribution is 6.11. The number of hydrogen-bond donors (Lipinski definition) is 3. The van der Waals surface area contributed by atoms with E-state index in [-0.39, 0.29) is 23.6 Å². The minimum Gasteiger partial charge on any atom is -0.365 e. The lowest BCUT2D eigenvalue weighted by molar-refractivity contribution is 0.587. The molecule has 0 saturated heterocycles. The van der Waals surface area contributed by atoms with Crippen molar-refractivity contribution >= 4 is 11.5 Å². The summed E-state index contributed by atoms with van der Waals surface area (Å²) < 4.78 is 26.9. The summed E-state index contributed by atoms with van der Waals surface area (Å²) in [5.74, 6) is 0.170. The highest BCUT2D eigenvalue weighted by Gasteiger charge is 2.15. The van der Waals surface area contributed by atoms with Crippen molar-refractivity contribution in [3.05, 3.63) is 70.9 Å². The van der Waals surface area contributed by atoms with Gasteiger partial charge in [0.05, 0.1) is 0 Å². The molecule has 24 heavy (non-hydrogen) atoms. The van der Waals surface area contributed by atoms with E-state index in [9.17, 15) is 8.78 Å². The molecule has 0 aliphatic carbocycles. The molecule has 2 heterocycles. The number of aromatic nitrogens is 4. The van der Waals surface area contributed by atoms with Gasteiger partial charge in [0.1, 0.15) is 29.0 Å². The molecule has 3 rings (SSSR count). The molecular formula is C16H14F2N6. The monoisotopic (exact) mass is 328 g/mol. The van der Waals surface area contributed by atoms with Gasteiger partial charge < -0.3 is 5.32 Å². The van der Waals surface area contributed by atoms with Crippen LogP contribution in [-0.2, 0) is 6.54 Å². The normalized spacial score (nSPS) is 10.6. The third-order valence-corrected chi connectivity index (χ3v) is 3.35. The van der Waals surface area contributed by atoms with Crippen LogP contribution in [0.25, 0.3) is 0 Å². The third kappa shape index (κ3) is 3.27. The molecule has 0 saturated carbocycles. The summed E-state index contributed by atoms with van der Waals surface area (Å²) >= 11 is 0. The Morgan fingerprint density at radius 3 is 2.88 bits per heavy atom. The van der Waals surface area contributed by atoms with Crippen LogP contribution < -0.4 is 5.32 Å². The summed E-state index contributed by atoms with van der Waals surface area (Å²) in [5, 5.41) is 17.8. The van der Waals surface area contributed by atoms with E-state index in [4.69, 9.17) is 5.41 Å². The minimum atomic E-state index is -0.515. The van der Waals surface area contributed by atoms with Gasteiger partial charge in [-0.25, -0.2) is 18.7 Å². The molecule has 0 bridgehead atoms. The number of nitrogens with zero attached hydrogens (tertiary/aromatic N) is 3. The molecule has 122 valence electrons. The molecule has 0 radical (unpaired) electrons. The highest BCUT2D eigenvalue weighted by Crippen LogP contribution is 2.17. The van der Waals surface area contributed by atoms with E-state index in [0.29, 0.717) is 17.2 Å². The maximum absolute atomic E-state index is 13.7. The van der Waals surface area contributed by atoms with Gasteiger partial charge in [-0.1, -0.05) is 0 Å². The van der Waals surface area contributed by atoms with Crippen LogP contribution in [0.3, 0.4) is 0 Å². The lowest BCUT2D eigenvalue weighted by Crippen LogP contribution is -2.11. The first-order valence-electron chi connectivity index (χ1n) is 7.15. The summed E-state index contributed by atoms with van der Waals surface area (Å²) in [5.41, 5.74) is 0.717. The molecule has 3 aromatic rings. The first kappa shape index (κ1) is 15.7. The van der Waals surface area contributed by atoms with Crippen molar-refractivity contribution in [3.63, 3.8) is 0 Å². The summed E-state index contributed by atoms with van der Waals surface area (Å²) in [6.07, 6.45) is 1.55. The Bertz CT molecular complexity index is 890. The summed E-state index contributed by atoms with van der Waals surface area (Å²) in [4.78, 5) is 8.28. The third-order valence-electron chi connectivity index (χ3n) is 3.35. The Kier molecular flexibility index (Phi) is 4.28. The van der Waals surface area contributed by atoms with Crippen LogP contribution in [0.15, 0.2) is 36.5 Å². The molecule has 0 spiro atoms. The van der Waals surface area contributed by atoms with Crippen LogP contribution in [0.4, 0.5) is 14.6 Å². The van der Waals surface area contributed by atoms with E-state index in [1.165, 1.54) is 0 Å². The molecule has 8 heteroatoms. The molecule has 3 N–H and O–H groups in total. The molecular weight excluding hydrogens is 314 g/mol. The number of anilines is 1. The van der Waals surface area contributed by atoms with Crippen LogP contribution in [-0.4, -0.2) is 25.9 Å². The molecule has 0 atom stereocenters. The van der Waals surface area contributed by atoms with Gasteiger partial charge >= 0.3 is 0 Å². The van der Waals surface area contributed by atoms with E-state index in [0.717, 1.165) is 18.2 Å².